The van der Waals surface area contributed by atoms with E-state index in [-0.39, 0.29) is 37.1 Å². The third kappa shape index (κ3) is 4.02. The summed E-state index contributed by atoms with van der Waals surface area (Å²) >= 11 is 0. The summed E-state index contributed by atoms with van der Waals surface area (Å²) in [6.45, 7) is 5.31. The molecule has 2 saturated carbocycles. The van der Waals surface area contributed by atoms with Crippen LogP contribution in [-0.2, 0) is 33.4 Å². The zero-order chi connectivity index (χ0) is 24.7. The number of esters is 3. The normalized spacial score (nSPS) is 36.9. The van der Waals surface area contributed by atoms with Gasteiger partial charge in [0, 0.05) is 24.3 Å². The van der Waals surface area contributed by atoms with Gasteiger partial charge in [-0.25, -0.2) is 0 Å². The van der Waals surface area contributed by atoms with Gasteiger partial charge < -0.3 is 18.6 Å². The molecule has 34 heavy (non-hydrogen) atoms. The van der Waals surface area contributed by atoms with Gasteiger partial charge in [0.1, 0.15) is 12.5 Å². The number of cyclic esters (lactones) is 1. The van der Waals surface area contributed by atoms with Gasteiger partial charge in [-0.3, -0.25) is 19.2 Å². The highest BCUT2D eigenvalue weighted by Gasteiger charge is 2.66. The first-order valence-electron chi connectivity index (χ1n) is 11.6. The monoisotopic (exact) mass is 470 g/mol. The second kappa shape index (κ2) is 8.94. The highest BCUT2D eigenvalue weighted by molar-refractivity contribution is 5.91. The minimum Gasteiger partial charge on any atom is -0.472 e. The number of hydrogen-bond donors (Lipinski definition) is 0. The van der Waals surface area contributed by atoms with E-state index in [1.807, 2.05) is 13.8 Å². The fraction of sp³-hybridized carbons (Fsp3) is 0.615. The molecule has 0 amide bonds. The van der Waals surface area contributed by atoms with E-state index in [9.17, 15) is 19.2 Å². The minimum atomic E-state index is -0.965. The zero-order valence-corrected chi connectivity index (χ0v) is 19.7. The molecule has 0 aromatic carbocycles. The molecule has 1 saturated heterocycles. The number of fused-ring (bicyclic) bond motifs is 3. The van der Waals surface area contributed by atoms with Crippen molar-refractivity contribution in [3.05, 3.63) is 24.2 Å². The molecule has 3 aliphatic rings. The predicted octanol–water partition coefficient (Wildman–Crippen LogP) is 3.39. The van der Waals surface area contributed by atoms with Gasteiger partial charge in [0.05, 0.1) is 25.1 Å². The molecule has 8 heteroatoms. The molecular weight excluding hydrogens is 440 g/mol. The number of furan rings is 1. The number of hydrogen-bond acceptors (Lipinski definition) is 8. The maximum atomic E-state index is 13.9. The predicted molar refractivity (Wildman–Crippen MR) is 118 cm³/mol. The van der Waals surface area contributed by atoms with Crippen molar-refractivity contribution in [3.63, 3.8) is 0 Å². The number of carbonyl (C=O) groups is 4. The molecule has 0 N–H and O–H groups in total. The maximum Gasteiger partial charge on any atom is 0.317 e. The Hall–Kier alpha value is -3.08. The van der Waals surface area contributed by atoms with Gasteiger partial charge in [0.15, 0.2) is 11.9 Å². The van der Waals surface area contributed by atoms with Crippen LogP contribution in [-0.4, -0.2) is 36.4 Å². The first kappa shape index (κ1) is 24.1. The minimum absolute atomic E-state index is 0.0644. The second-order valence-electron chi connectivity index (χ2n) is 10.2. The van der Waals surface area contributed by atoms with E-state index in [1.54, 1.807) is 12.3 Å². The van der Waals surface area contributed by atoms with E-state index in [2.05, 4.69) is 5.92 Å². The Labute approximate surface area is 198 Å². The molecule has 2 heterocycles. The summed E-state index contributed by atoms with van der Waals surface area (Å²) in [4.78, 5) is 50.8. The number of rotatable bonds is 5. The Morgan fingerprint density at radius 1 is 1.26 bits per heavy atom. The Bertz CT molecular complexity index is 1020. The molecule has 4 rings (SSSR count). The van der Waals surface area contributed by atoms with Gasteiger partial charge in [-0.2, -0.15) is 0 Å². The van der Waals surface area contributed by atoms with Crippen molar-refractivity contribution in [2.24, 2.45) is 28.6 Å². The number of Topliss-reactive ketones (excluding diaryl/α,β-unsaturated/α-hetero) is 1. The lowest BCUT2D eigenvalue weighted by atomic mass is 9.43. The average Bonchev–Trinajstić information content (AvgIpc) is 3.29. The summed E-state index contributed by atoms with van der Waals surface area (Å²) in [7, 11) is 0. The molecular formula is C26H30O8. The summed E-state index contributed by atoms with van der Waals surface area (Å²) in [6.07, 6.45) is 8.47. The van der Waals surface area contributed by atoms with E-state index in [1.165, 1.54) is 13.2 Å². The van der Waals surface area contributed by atoms with E-state index >= 15 is 0 Å². The Balaban J connectivity index is 1.71. The fourth-order valence-electron chi connectivity index (χ4n) is 6.65. The van der Waals surface area contributed by atoms with Gasteiger partial charge >= 0.3 is 17.9 Å². The first-order valence-corrected chi connectivity index (χ1v) is 11.6. The highest BCUT2D eigenvalue weighted by atomic mass is 16.6. The van der Waals surface area contributed by atoms with E-state index in [4.69, 9.17) is 25.1 Å². The third-order valence-corrected chi connectivity index (χ3v) is 8.20. The number of carbonyl (C=O) groups excluding carboxylic acids is 4. The molecule has 0 radical (unpaired) electrons. The molecule has 8 nitrogen and oxygen atoms in total. The van der Waals surface area contributed by atoms with Crippen LogP contribution < -0.4 is 0 Å². The van der Waals surface area contributed by atoms with Crippen LogP contribution in [0.4, 0.5) is 0 Å². The molecule has 1 aromatic heterocycles. The standard InChI is InChI=1S/C26H30O8/c1-5-6-21(28)32-14-17-11-19(33-15(2)27)22(29)23-25(17,3)9-7-18-24(30)34-20(12-26(18,23)4)16-8-10-31-13-16/h1,8,10,13,17-20,23H,6-7,9,11-12,14H2,2-4H3/t17-,18-,19-,20-,23-,25-,26-/m0/s1. The Morgan fingerprint density at radius 3 is 2.68 bits per heavy atom. The fourth-order valence-corrected chi connectivity index (χ4v) is 6.65. The summed E-state index contributed by atoms with van der Waals surface area (Å²) < 4.78 is 21.8. The van der Waals surface area contributed by atoms with Crippen LogP contribution in [0.1, 0.15) is 64.5 Å². The van der Waals surface area contributed by atoms with Crippen LogP contribution in [0.5, 0.6) is 0 Å². The van der Waals surface area contributed by atoms with E-state index < -0.39 is 46.8 Å². The largest absolute Gasteiger partial charge is 0.472 e. The van der Waals surface area contributed by atoms with Crippen molar-refractivity contribution in [2.75, 3.05) is 6.61 Å². The molecule has 182 valence electrons. The Kier molecular flexibility index (Phi) is 6.32. The van der Waals surface area contributed by atoms with Gasteiger partial charge in [-0.15, -0.1) is 6.42 Å². The molecule has 2 aliphatic carbocycles. The molecule has 1 aromatic rings. The quantitative estimate of drug-likeness (QED) is 0.366. The van der Waals surface area contributed by atoms with Crippen LogP contribution >= 0.6 is 0 Å². The molecule has 0 unspecified atom stereocenters. The summed E-state index contributed by atoms with van der Waals surface area (Å²) in [6, 6.07) is 1.75. The van der Waals surface area contributed by atoms with Crippen molar-refractivity contribution in [3.8, 4) is 12.3 Å². The summed E-state index contributed by atoms with van der Waals surface area (Å²) in [5.74, 6) is -0.600. The third-order valence-electron chi connectivity index (χ3n) is 8.20. The van der Waals surface area contributed by atoms with Crippen molar-refractivity contribution < 1.29 is 37.8 Å². The molecule has 1 aliphatic heterocycles. The Morgan fingerprint density at radius 2 is 2.03 bits per heavy atom. The second-order valence-corrected chi connectivity index (χ2v) is 10.2. The van der Waals surface area contributed by atoms with Gasteiger partial charge in [0.25, 0.3) is 0 Å². The van der Waals surface area contributed by atoms with Crippen LogP contribution in [0.3, 0.4) is 0 Å². The van der Waals surface area contributed by atoms with Gasteiger partial charge in [-0.1, -0.05) is 19.8 Å². The van der Waals surface area contributed by atoms with Gasteiger partial charge in [0.2, 0.25) is 0 Å². The summed E-state index contributed by atoms with van der Waals surface area (Å²) in [5, 5.41) is 0. The lowest BCUT2D eigenvalue weighted by Crippen LogP contribution is -2.64. The van der Waals surface area contributed by atoms with Crippen molar-refractivity contribution >= 4 is 23.7 Å². The SMILES string of the molecule is C#CCC(=O)OC[C@@H]1C[C@H](OC(C)=O)C(=O)[C@H]2[C@@]1(C)CC[C@H]1C(=O)O[C@H](c3ccoc3)C[C@]21C. The zero-order valence-electron chi connectivity index (χ0n) is 19.7. The van der Waals surface area contributed by atoms with E-state index in [0.29, 0.717) is 19.3 Å². The maximum absolute atomic E-state index is 13.9. The van der Waals surface area contributed by atoms with Crippen LogP contribution in [0, 0.1) is 40.9 Å². The first-order chi connectivity index (χ1) is 16.1. The van der Waals surface area contributed by atoms with E-state index in [0.717, 1.165) is 5.56 Å². The lowest BCUT2D eigenvalue weighted by molar-refractivity contribution is -0.210. The molecule has 0 bridgehead atoms. The lowest BCUT2D eigenvalue weighted by Gasteiger charge is -2.61. The highest BCUT2D eigenvalue weighted by Crippen LogP contribution is 2.65. The molecule has 0 spiro atoms. The van der Waals surface area contributed by atoms with Crippen molar-refractivity contribution in [2.45, 2.75) is 65.1 Å². The number of ketones is 1. The molecule has 7 atom stereocenters. The number of terminal acetylenes is 1. The van der Waals surface area contributed by atoms with Gasteiger partial charge in [-0.05, 0) is 42.6 Å². The topological polar surface area (TPSA) is 109 Å². The van der Waals surface area contributed by atoms with Crippen LogP contribution in [0.25, 0.3) is 0 Å². The van der Waals surface area contributed by atoms with Crippen LogP contribution in [0.15, 0.2) is 23.0 Å². The smallest absolute Gasteiger partial charge is 0.317 e. The van der Waals surface area contributed by atoms with Crippen molar-refractivity contribution in [1.82, 2.24) is 0 Å². The molecule has 3 fully saturated rings. The van der Waals surface area contributed by atoms with Crippen molar-refractivity contribution in [1.29, 1.82) is 0 Å². The average molecular weight is 471 g/mol. The van der Waals surface area contributed by atoms with Crippen LogP contribution in [0.2, 0.25) is 0 Å². The summed E-state index contributed by atoms with van der Waals surface area (Å²) in [5.41, 5.74) is -0.560. The number of ether oxygens (including phenoxy) is 3.